The number of hydrogen-bond acceptors (Lipinski definition) is 3. The number of nitrogens with one attached hydrogen (secondary N) is 1. The van der Waals surface area contributed by atoms with Gasteiger partial charge < -0.3 is 15.5 Å². The van der Waals surface area contributed by atoms with Crippen LogP contribution in [-0.2, 0) is 4.79 Å². The maximum atomic E-state index is 12.5. The fourth-order valence-corrected chi connectivity index (χ4v) is 10.4. The van der Waals surface area contributed by atoms with E-state index in [0.29, 0.717) is 6.42 Å². The molecule has 78 heavy (non-hydrogen) atoms. The van der Waals surface area contributed by atoms with E-state index in [1.54, 1.807) is 6.08 Å². The van der Waals surface area contributed by atoms with Crippen LogP contribution in [-0.4, -0.2) is 34.9 Å². The van der Waals surface area contributed by atoms with E-state index in [1.807, 2.05) is 6.08 Å². The average molecular weight is 1080 g/mol. The van der Waals surface area contributed by atoms with Crippen LogP contribution in [0.5, 0.6) is 0 Å². The molecule has 2 unspecified atom stereocenters. The predicted molar refractivity (Wildman–Crippen MR) is 350 cm³/mol. The second-order valence-electron chi connectivity index (χ2n) is 23.2. The number of unbranched alkanes of at least 4 members (excludes halogenated alkanes) is 42. The summed E-state index contributed by atoms with van der Waals surface area (Å²) < 4.78 is 0. The van der Waals surface area contributed by atoms with Crippen molar-refractivity contribution >= 4 is 5.91 Å². The molecule has 0 fully saturated rings. The van der Waals surface area contributed by atoms with Gasteiger partial charge in [-0.3, -0.25) is 4.79 Å². The number of amides is 1. The maximum Gasteiger partial charge on any atom is 0.220 e. The van der Waals surface area contributed by atoms with Crippen LogP contribution >= 0.6 is 0 Å². The van der Waals surface area contributed by atoms with Gasteiger partial charge in [-0.05, 0) is 77.0 Å². The van der Waals surface area contributed by atoms with Gasteiger partial charge in [0, 0.05) is 6.42 Å². The molecule has 0 aliphatic heterocycles. The number of allylic oxidation sites excluding steroid dienone is 15. The predicted octanol–water partition coefficient (Wildman–Crippen LogP) is 23.6. The van der Waals surface area contributed by atoms with Gasteiger partial charge in [0.15, 0.2) is 0 Å². The Kier molecular flexibility index (Phi) is 66.2. The van der Waals surface area contributed by atoms with E-state index in [1.165, 1.54) is 257 Å². The lowest BCUT2D eigenvalue weighted by Crippen LogP contribution is -2.45. The molecule has 2 atom stereocenters. The lowest BCUT2D eigenvalue weighted by molar-refractivity contribution is -0.123. The van der Waals surface area contributed by atoms with Crippen LogP contribution < -0.4 is 5.32 Å². The molecule has 0 spiro atoms. The van der Waals surface area contributed by atoms with Gasteiger partial charge in [0.2, 0.25) is 5.91 Å². The first-order chi connectivity index (χ1) is 38.7. The fourth-order valence-electron chi connectivity index (χ4n) is 10.4. The zero-order chi connectivity index (χ0) is 56.2. The first-order valence-corrected chi connectivity index (χ1v) is 34.5. The molecule has 0 aliphatic carbocycles. The molecule has 0 heterocycles. The second kappa shape index (κ2) is 68.6. The van der Waals surface area contributed by atoms with E-state index in [9.17, 15) is 15.0 Å². The normalized spacial score (nSPS) is 13.3. The number of hydrogen-bond donors (Lipinski definition) is 3. The molecule has 3 N–H and O–H groups in total. The van der Waals surface area contributed by atoms with E-state index in [-0.39, 0.29) is 12.5 Å². The summed E-state index contributed by atoms with van der Waals surface area (Å²) in [5.41, 5.74) is 0. The Bertz CT molecular complexity index is 1420. The lowest BCUT2D eigenvalue weighted by Gasteiger charge is -2.20. The minimum atomic E-state index is -0.847. The van der Waals surface area contributed by atoms with E-state index in [0.717, 1.165) is 70.6 Å². The van der Waals surface area contributed by atoms with Crippen molar-refractivity contribution in [2.75, 3.05) is 6.61 Å². The molecule has 452 valence electrons. The van der Waals surface area contributed by atoms with Crippen molar-refractivity contribution < 1.29 is 15.0 Å². The number of aliphatic hydroxyl groups is 2. The third kappa shape index (κ3) is 64.1. The number of carbonyl (C=O) groups is 1. The highest BCUT2D eigenvalue weighted by Crippen LogP contribution is 2.18. The van der Waals surface area contributed by atoms with Crippen molar-refractivity contribution in [2.45, 2.75) is 360 Å². The Morgan fingerprint density at radius 3 is 0.846 bits per heavy atom. The molecule has 0 saturated carbocycles. The zero-order valence-corrected chi connectivity index (χ0v) is 52.2. The summed E-state index contributed by atoms with van der Waals surface area (Å²) in [4.78, 5) is 12.5. The Balaban J connectivity index is 3.49. The highest BCUT2D eigenvalue weighted by atomic mass is 16.3. The number of carbonyl (C=O) groups excluding carboxylic acids is 1. The summed E-state index contributed by atoms with van der Waals surface area (Å²) in [5, 5.41) is 23.3. The lowest BCUT2D eigenvalue weighted by atomic mass is 10.0. The molecule has 4 heteroatoms. The number of rotatable bonds is 63. The summed E-state index contributed by atoms with van der Waals surface area (Å²) in [5.74, 6) is -0.0642. The van der Waals surface area contributed by atoms with Crippen LogP contribution in [0.4, 0.5) is 0 Å². The molecular weight excluding hydrogens is 951 g/mol. The first-order valence-electron chi connectivity index (χ1n) is 34.5. The van der Waals surface area contributed by atoms with Crippen molar-refractivity contribution in [3.63, 3.8) is 0 Å². The van der Waals surface area contributed by atoms with E-state index < -0.39 is 12.1 Å². The van der Waals surface area contributed by atoms with Gasteiger partial charge in [0.1, 0.15) is 0 Å². The Morgan fingerprint density at radius 1 is 0.321 bits per heavy atom. The fraction of sp³-hybridized carbons (Fsp3) is 0.770. The molecular formula is C74H133NO3. The number of aliphatic hydroxyl groups excluding tert-OH is 2. The third-order valence-corrected chi connectivity index (χ3v) is 15.6. The Hall–Kier alpha value is -2.69. The summed E-state index contributed by atoms with van der Waals surface area (Å²) in [7, 11) is 0. The first kappa shape index (κ1) is 75.3. The summed E-state index contributed by atoms with van der Waals surface area (Å²) in [6.45, 7) is 4.22. The van der Waals surface area contributed by atoms with Gasteiger partial charge in [0.05, 0.1) is 18.8 Å². The van der Waals surface area contributed by atoms with Crippen molar-refractivity contribution in [3.05, 3.63) is 97.2 Å². The standard InChI is InChI=1S/C74H133NO3/c1-3-5-7-9-11-13-15-17-19-21-23-25-27-29-31-33-35-36-37-38-40-42-44-46-48-50-52-54-56-58-60-62-64-66-68-70-74(78)75-72(71-76)73(77)69-67-65-63-61-59-57-55-53-51-49-47-45-43-41-39-34-32-30-28-26-24-22-20-18-16-14-12-10-8-6-4-2/h5,7,11,13,17,19,23,25,29,31,35-36,38,40,67,69,72-73,76-77H,3-4,6,8-10,12,14-16,18,20-22,24,26-28,30,32-34,37,39,41-66,68,70-71H2,1-2H3,(H,75,78)/b7-5-,13-11-,19-17-,25-23-,31-29-,36-35-,40-38-,69-67+. The van der Waals surface area contributed by atoms with E-state index >= 15 is 0 Å². The molecule has 0 rings (SSSR count). The van der Waals surface area contributed by atoms with Gasteiger partial charge >= 0.3 is 0 Å². The molecule has 0 bridgehead atoms. The van der Waals surface area contributed by atoms with Gasteiger partial charge in [-0.1, -0.05) is 361 Å². The Labute approximate surface area is 487 Å². The van der Waals surface area contributed by atoms with Crippen molar-refractivity contribution in [3.8, 4) is 0 Å². The minimum Gasteiger partial charge on any atom is -0.394 e. The molecule has 0 aromatic carbocycles. The highest BCUT2D eigenvalue weighted by Gasteiger charge is 2.18. The molecule has 0 radical (unpaired) electrons. The summed E-state index contributed by atoms with van der Waals surface area (Å²) in [6, 6.07) is -0.630. The zero-order valence-electron chi connectivity index (χ0n) is 52.2. The van der Waals surface area contributed by atoms with E-state index in [2.05, 4.69) is 104 Å². The van der Waals surface area contributed by atoms with Crippen molar-refractivity contribution in [2.24, 2.45) is 0 Å². The monoisotopic (exact) mass is 1080 g/mol. The minimum absolute atomic E-state index is 0.0642. The van der Waals surface area contributed by atoms with Crippen LogP contribution in [0.15, 0.2) is 97.2 Å². The third-order valence-electron chi connectivity index (χ3n) is 15.6. The van der Waals surface area contributed by atoms with Crippen LogP contribution in [0.1, 0.15) is 348 Å². The van der Waals surface area contributed by atoms with Crippen molar-refractivity contribution in [1.29, 1.82) is 0 Å². The average Bonchev–Trinajstić information content (AvgIpc) is 3.44. The van der Waals surface area contributed by atoms with Gasteiger partial charge in [0.25, 0.3) is 0 Å². The second-order valence-corrected chi connectivity index (χ2v) is 23.2. The molecule has 4 nitrogen and oxygen atoms in total. The topological polar surface area (TPSA) is 69.6 Å². The van der Waals surface area contributed by atoms with Crippen molar-refractivity contribution in [1.82, 2.24) is 5.32 Å². The van der Waals surface area contributed by atoms with Gasteiger partial charge in [-0.25, -0.2) is 0 Å². The van der Waals surface area contributed by atoms with E-state index in [4.69, 9.17) is 0 Å². The van der Waals surface area contributed by atoms with Gasteiger partial charge in [-0.15, -0.1) is 0 Å². The SMILES string of the molecule is CC/C=C\C/C=C\C/C=C\C/C=C\C/C=C\C/C=C\C/C=C\CCCCCCCCCCCCCCCC(=O)NC(CO)C(O)/C=C/CCCCCCCCCCCCCCCCCCCCCCCCCCCCCCC. The highest BCUT2D eigenvalue weighted by molar-refractivity contribution is 5.76. The van der Waals surface area contributed by atoms with Crippen LogP contribution in [0.2, 0.25) is 0 Å². The Morgan fingerprint density at radius 2 is 0.564 bits per heavy atom. The largest absolute Gasteiger partial charge is 0.394 e. The molecule has 0 aromatic heterocycles. The summed E-state index contributed by atoms with van der Waals surface area (Å²) >= 11 is 0. The van der Waals surface area contributed by atoms with Crippen LogP contribution in [0.3, 0.4) is 0 Å². The maximum absolute atomic E-state index is 12.5. The smallest absolute Gasteiger partial charge is 0.220 e. The quantitative estimate of drug-likeness (QED) is 0.0420. The summed E-state index contributed by atoms with van der Waals surface area (Å²) in [6.07, 6.45) is 102. The molecule has 0 aliphatic rings. The van der Waals surface area contributed by atoms with Gasteiger partial charge in [-0.2, -0.15) is 0 Å². The molecule has 0 saturated heterocycles. The molecule has 0 aromatic rings. The molecule has 1 amide bonds. The van der Waals surface area contributed by atoms with Crippen LogP contribution in [0.25, 0.3) is 0 Å². The van der Waals surface area contributed by atoms with Crippen LogP contribution in [0, 0.1) is 0 Å².